The zero-order valence-corrected chi connectivity index (χ0v) is 9.30. The summed E-state index contributed by atoms with van der Waals surface area (Å²) in [5.74, 6) is 0. The largest absolute Gasteiger partial charge is 0.385 e. The minimum atomic E-state index is 0.281. The van der Waals surface area contributed by atoms with Crippen LogP contribution in [0.3, 0.4) is 0 Å². The topological polar surface area (TPSA) is 35.2 Å². The highest BCUT2D eigenvalue weighted by Gasteiger charge is 2.10. The van der Waals surface area contributed by atoms with Crippen molar-refractivity contribution in [1.82, 2.24) is 0 Å². The van der Waals surface area contributed by atoms with Crippen molar-refractivity contribution in [2.75, 3.05) is 13.7 Å². The lowest BCUT2D eigenvalue weighted by Crippen LogP contribution is -2.23. The lowest BCUT2D eigenvalue weighted by atomic mass is 9.99. The third-order valence-corrected chi connectivity index (χ3v) is 2.92. The maximum Gasteiger partial charge on any atom is 0.0462 e. The fourth-order valence-electron chi connectivity index (χ4n) is 2.01. The third-order valence-electron chi connectivity index (χ3n) is 2.92. The number of allylic oxidation sites excluding steroid dienone is 1. The van der Waals surface area contributed by atoms with Gasteiger partial charge in [-0.15, -0.1) is 0 Å². The van der Waals surface area contributed by atoms with Crippen LogP contribution in [0.15, 0.2) is 11.6 Å². The second-order valence-corrected chi connectivity index (χ2v) is 4.12. The van der Waals surface area contributed by atoms with Gasteiger partial charge in [-0.2, -0.15) is 0 Å². The van der Waals surface area contributed by atoms with Crippen molar-refractivity contribution in [2.45, 2.75) is 51.0 Å². The van der Waals surface area contributed by atoms with Gasteiger partial charge in [-0.05, 0) is 38.5 Å². The summed E-state index contributed by atoms with van der Waals surface area (Å²) >= 11 is 0. The summed E-state index contributed by atoms with van der Waals surface area (Å²) in [6.07, 6.45) is 11.0. The van der Waals surface area contributed by atoms with Crippen LogP contribution in [0.5, 0.6) is 0 Å². The summed E-state index contributed by atoms with van der Waals surface area (Å²) in [5.41, 5.74) is 7.62. The van der Waals surface area contributed by atoms with Crippen molar-refractivity contribution in [3.8, 4) is 0 Å². The average Bonchev–Trinajstić information content (AvgIpc) is 2.46. The number of nitrogens with two attached hydrogens (primary N) is 1. The molecule has 0 aromatic carbocycles. The summed E-state index contributed by atoms with van der Waals surface area (Å²) in [6, 6.07) is 0.281. The number of rotatable bonds is 5. The minimum absolute atomic E-state index is 0.281. The molecule has 0 aromatic heterocycles. The Labute approximate surface area is 87.5 Å². The number of hydrogen-bond donors (Lipinski definition) is 1. The molecule has 0 bridgehead atoms. The Morgan fingerprint density at radius 3 is 3.07 bits per heavy atom. The van der Waals surface area contributed by atoms with Crippen molar-refractivity contribution in [3.63, 3.8) is 0 Å². The Morgan fingerprint density at radius 1 is 1.43 bits per heavy atom. The molecule has 0 heterocycles. The van der Waals surface area contributed by atoms with Gasteiger partial charge in [-0.1, -0.05) is 18.1 Å². The van der Waals surface area contributed by atoms with Crippen molar-refractivity contribution in [2.24, 2.45) is 5.73 Å². The SMILES string of the molecule is COCCCC(N)C1=CCCCCC1. The lowest BCUT2D eigenvalue weighted by Gasteiger charge is -2.14. The highest BCUT2D eigenvalue weighted by molar-refractivity contribution is 5.11. The highest BCUT2D eigenvalue weighted by atomic mass is 16.5. The molecule has 0 aliphatic heterocycles. The first-order valence-electron chi connectivity index (χ1n) is 5.78. The van der Waals surface area contributed by atoms with Gasteiger partial charge in [0.1, 0.15) is 0 Å². The van der Waals surface area contributed by atoms with Crippen molar-refractivity contribution < 1.29 is 4.74 Å². The standard InChI is InChI=1S/C12H23NO/c1-14-10-6-9-12(13)11-7-4-2-3-5-8-11/h7,12H,2-6,8-10,13H2,1H3. The molecule has 0 spiro atoms. The average molecular weight is 197 g/mol. The van der Waals surface area contributed by atoms with E-state index in [0.29, 0.717) is 0 Å². The van der Waals surface area contributed by atoms with E-state index in [1.807, 2.05) is 0 Å². The molecule has 1 aliphatic rings. The van der Waals surface area contributed by atoms with Crippen LogP contribution in [0.1, 0.15) is 44.9 Å². The van der Waals surface area contributed by atoms with Crippen LogP contribution in [-0.2, 0) is 4.74 Å². The molecule has 0 fully saturated rings. The van der Waals surface area contributed by atoms with E-state index in [4.69, 9.17) is 10.5 Å². The second kappa shape index (κ2) is 7.02. The zero-order chi connectivity index (χ0) is 10.2. The molecule has 1 rings (SSSR count). The van der Waals surface area contributed by atoms with E-state index in [1.165, 1.54) is 37.7 Å². The molecule has 1 aliphatic carbocycles. The number of hydrogen-bond acceptors (Lipinski definition) is 2. The van der Waals surface area contributed by atoms with E-state index in [1.54, 1.807) is 7.11 Å². The predicted octanol–water partition coefficient (Wildman–Crippen LogP) is 2.63. The minimum Gasteiger partial charge on any atom is -0.385 e. The van der Waals surface area contributed by atoms with Crippen LogP contribution in [0.25, 0.3) is 0 Å². The molecule has 0 aromatic rings. The quantitative estimate of drug-likeness (QED) is 0.543. The Kier molecular flexibility index (Phi) is 5.88. The normalized spacial score (nSPS) is 20.0. The van der Waals surface area contributed by atoms with E-state index >= 15 is 0 Å². The number of ether oxygens (including phenoxy) is 1. The van der Waals surface area contributed by atoms with Crippen LogP contribution in [0.2, 0.25) is 0 Å². The van der Waals surface area contributed by atoms with Crippen molar-refractivity contribution in [1.29, 1.82) is 0 Å². The monoisotopic (exact) mass is 197 g/mol. The third kappa shape index (κ3) is 4.25. The van der Waals surface area contributed by atoms with Gasteiger partial charge < -0.3 is 10.5 Å². The van der Waals surface area contributed by atoms with Gasteiger partial charge in [0.05, 0.1) is 0 Å². The van der Waals surface area contributed by atoms with E-state index in [9.17, 15) is 0 Å². The van der Waals surface area contributed by atoms with Gasteiger partial charge in [0.25, 0.3) is 0 Å². The first-order chi connectivity index (χ1) is 6.84. The molecule has 0 saturated carbocycles. The molecule has 2 N–H and O–H groups in total. The zero-order valence-electron chi connectivity index (χ0n) is 9.30. The molecule has 0 saturated heterocycles. The predicted molar refractivity (Wildman–Crippen MR) is 60.3 cm³/mol. The molecule has 2 heteroatoms. The molecular formula is C12H23NO. The molecule has 0 amide bonds. The van der Waals surface area contributed by atoms with Crippen LogP contribution in [0.4, 0.5) is 0 Å². The van der Waals surface area contributed by atoms with Gasteiger partial charge in [0.2, 0.25) is 0 Å². The van der Waals surface area contributed by atoms with Crippen LogP contribution >= 0.6 is 0 Å². The Bertz CT molecular complexity index is 177. The van der Waals surface area contributed by atoms with E-state index in [2.05, 4.69) is 6.08 Å². The van der Waals surface area contributed by atoms with E-state index in [-0.39, 0.29) is 6.04 Å². The summed E-state index contributed by atoms with van der Waals surface area (Å²) in [6.45, 7) is 0.834. The number of methoxy groups -OCH3 is 1. The molecule has 1 atom stereocenters. The summed E-state index contributed by atoms with van der Waals surface area (Å²) in [5, 5.41) is 0. The first-order valence-corrected chi connectivity index (χ1v) is 5.78. The van der Waals surface area contributed by atoms with Gasteiger partial charge in [0, 0.05) is 19.8 Å². The van der Waals surface area contributed by atoms with E-state index < -0.39 is 0 Å². The first kappa shape index (κ1) is 11.7. The smallest absolute Gasteiger partial charge is 0.0462 e. The van der Waals surface area contributed by atoms with E-state index in [0.717, 1.165) is 19.4 Å². The Morgan fingerprint density at radius 2 is 2.29 bits per heavy atom. The Hall–Kier alpha value is -0.340. The molecule has 2 nitrogen and oxygen atoms in total. The Balaban J connectivity index is 2.26. The van der Waals surface area contributed by atoms with Crippen molar-refractivity contribution in [3.05, 3.63) is 11.6 Å². The maximum atomic E-state index is 6.13. The van der Waals surface area contributed by atoms with Crippen LogP contribution in [0, 0.1) is 0 Å². The lowest BCUT2D eigenvalue weighted by molar-refractivity contribution is 0.191. The van der Waals surface area contributed by atoms with Gasteiger partial charge in [-0.3, -0.25) is 0 Å². The highest BCUT2D eigenvalue weighted by Crippen LogP contribution is 2.20. The van der Waals surface area contributed by atoms with Crippen LogP contribution in [-0.4, -0.2) is 19.8 Å². The molecule has 82 valence electrons. The van der Waals surface area contributed by atoms with Gasteiger partial charge in [-0.25, -0.2) is 0 Å². The molecule has 0 radical (unpaired) electrons. The summed E-state index contributed by atoms with van der Waals surface area (Å²) < 4.78 is 5.03. The van der Waals surface area contributed by atoms with Crippen molar-refractivity contribution >= 4 is 0 Å². The molecular weight excluding hydrogens is 174 g/mol. The van der Waals surface area contributed by atoms with Gasteiger partial charge in [0.15, 0.2) is 0 Å². The van der Waals surface area contributed by atoms with Crippen LogP contribution < -0.4 is 5.73 Å². The molecule has 1 unspecified atom stereocenters. The summed E-state index contributed by atoms with van der Waals surface area (Å²) in [7, 11) is 1.75. The fraction of sp³-hybridized carbons (Fsp3) is 0.833. The maximum absolute atomic E-state index is 6.13. The molecule has 14 heavy (non-hydrogen) atoms. The van der Waals surface area contributed by atoms with Gasteiger partial charge >= 0.3 is 0 Å². The second-order valence-electron chi connectivity index (χ2n) is 4.12. The fourth-order valence-corrected chi connectivity index (χ4v) is 2.01. The summed E-state index contributed by atoms with van der Waals surface area (Å²) in [4.78, 5) is 0.